The molecule has 1 saturated heterocycles. The fourth-order valence-electron chi connectivity index (χ4n) is 4.10. The molecule has 3 atom stereocenters. The summed E-state index contributed by atoms with van der Waals surface area (Å²) in [6.45, 7) is 11.3. The van der Waals surface area contributed by atoms with Crippen LogP contribution in [0.15, 0.2) is 73.3 Å². The van der Waals surface area contributed by atoms with Gasteiger partial charge in [-0.25, -0.2) is 0 Å². The number of likely N-dealkylation sites (tertiary alicyclic amines) is 1. The van der Waals surface area contributed by atoms with Gasteiger partial charge in [0.1, 0.15) is 5.75 Å². The van der Waals surface area contributed by atoms with Crippen molar-refractivity contribution in [2.24, 2.45) is 5.73 Å². The summed E-state index contributed by atoms with van der Waals surface area (Å²) in [5.74, 6) is 1.43. The fraction of sp³-hybridized carbons (Fsp3) is 0.448. The normalized spacial score (nSPS) is 19.3. The summed E-state index contributed by atoms with van der Waals surface area (Å²) >= 11 is 4.64. The van der Waals surface area contributed by atoms with Crippen LogP contribution in [-0.2, 0) is 6.42 Å². The van der Waals surface area contributed by atoms with Crippen LogP contribution in [0.2, 0.25) is 0 Å². The van der Waals surface area contributed by atoms with E-state index in [1.54, 1.807) is 18.1 Å². The van der Waals surface area contributed by atoms with Gasteiger partial charge in [-0.1, -0.05) is 80.1 Å². The van der Waals surface area contributed by atoms with Crippen LogP contribution >= 0.6 is 11.6 Å². The summed E-state index contributed by atoms with van der Waals surface area (Å²) < 4.78 is 5.21. The molecule has 1 fully saturated rings. The smallest absolute Gasteiger partial charge is 0.118 e. The largest absolute Gasteiger partial charge is 0.497 e. The number of allylic oxidation sites excluding steroid dienone is 3. The van der Waals surface area contributed by atoms with Crippen molar-refractivity contribution in [1.29, 1.82) is 0 Å². The van der Waals surface area contributed by atoms with Gasteiger partial charge in [0, 0.05) is 12.8 Å². The molecule has 0 aromatic heterocycles. The van der Waals surface area contributed by atoms with Gasteiger partial charge in [0.25, 0.3) is 0 Å². The number of methoxy groups -OCH3 is 1. The minimum Gasteiger partial charge on any atom is -0.497 e. The highest BCUT2D eigenvalue weighted by molar-refractivity contribution is 6.15. The van der Waals surface area contributed by atoms with Crippen molar-refractivity contribution in [3.8, 4) is 5.75 Å². The Bertz CT molecular complexity index is 786. The molecular formula is C29H44ClN2O+. The van der Waals surface area contributed by atoms with Crippen molar-refractivity contribution >= 4 is 11.6 Å². The number of alkyl halides is 1. The average molecular weight is 472 g/mol. The molecule has 3 nitrogen and oxygen atoms in total. The highest BCUT2D eigenvalue weighted by Crippen LogP contribution is 2.20. The predicted molar refractivity (Wildman–Crippen MR) is 145 cm³/mol. The lowest BCUT2D eigenvalue weighted by atomic mass is 9.94. The number of benzene rings is 2. The Balaban J connectivity index is 0.000000520. The minimum atomic E-state index is 0.281. The maximum absolute atomic E-state index is 6.42. The standard InChI is InChI=1S/C21H28N2O.C7H12.CH3Cl/c1-16-5-9-18(10-6-16)20-14-23(15-21(20)22)13-3-4-17-7-11-19(24-2)12-8-17;1-3-5-7-6-4-2;1-2/h5-12,20-21H,3-4,13-15,22H2,1-2H3;3,5,7H,1,4,6H2,2H3;1H3/p+1/b;7-5+;. The van der Waals surface area contributed by atoms with E-state index in [2.05, 4.69) is 74.5 Å². The molecule has 3 rings (SSSR count). The molecule has 0 radical (unpaired) electrons. The molecule has 1 aliphatic rings. The van der Waals surface area contributed by atoms with E-state index < -0.39 is 0 Å². The molecule has 3 unspecified atom stereocenters. The van der Waals surface area contributed by atoms with Crippen molar-refractivity contribution in [2.45, 2.75) is 51.5 Å². The number of rotatable bonds is 9. The quantitative estimate of drug-likeness (QED) is 0.383. The van der Waals surface area contributed by atoms with Gasteiger partial charge in [-0.3, -0.25) is 0 Å². The van der Waals surface area contributed by atoms with E-state index in [-0.39, 0.29) is 6.04 Å². The molecular weight excluding hydrogens is 428 g/mol. The van der Waals surface area contributed by atoms with Crippen LogP contribution in [0, 0.1) is 6.92 Å². The Morgan fingerprint density at radius 3 is 2.33 bits per heavy atom. The zero-order chi connectivity index (χ0) is 24.5. The number of halogens is 1. The topological polar surface area (TPSA) is 39.7 Å². The molecule has 2 aromatic rings. The third-order valence-electron chi connectivity index (χ3n) is 5.94. The first-order chi connectivity index (χ1) is 16.1. The zero-order valence-corrected chi connectivity index (χ0v) is 21.8. The Kier molecular flexibility index (Phi) is 15.3. The summed E-state index contributed by atoms with van der Waals surface area (Å²) in [6.07, 6.45) is 12.1. The second-order valence-corrected chi connectivity index (χ2v) is 8.49. The zero-order valence-electron chi connectivity index (χ0n) is 21.0. The van der Waals surface area contributed by atoms with Crippen molar-refractivity contribution in [1.82, 2.24) is 0 Å². The van der Waals surface area contributed by atoms with Crippen LogP contribution in [0.5, 0.6) is 5.75 Å². The molecule has 33 heavy (non-hydrogen) atoms. The van der Waals surface area contributed by atoms with Crippen molar-refractivity contribution in [3.05, 3.63) is 90.0 Å². The lowest BCUT2D eigenvalue weighted by Crippen LogP contribution is -3.10. The van der Waals surface area contributed by atoms with Crippen LogP contribution < -0.4 is 15.4 Å². The van der Waals surface area contributed by atoms with E-state index in [1.165, 1.54) is 48.9 Å². The predicted octanol–water partition coefficient (Wildman–Crippen LogP) is 5.33. The summed E-state index contributed by atoms with van der Waals surface area (Å²) in [5.41, 5.74) is 10.5. The first-order valence-corrected chi connectivity index (χ1v) is 12.8. The molecule has 0 spiro atoms. The fourth-order valence-corrected chi connectivity index (χ4v) is 4.10. The van der Waals surface area contributed by atoms with Crippen LogP contribution in [0.3, 0.4) is 0 Å². The molecule has 1 aliphatic heterocycles. The molecule has 0 aliphatic carbocycles. The van der Waals surface area contributed by atoms with Gasteiger partial charge >= 0.3 is 0 Å². The number of unbranched alkanes of at least 4 members (excludes halogenated alkanes) is 1. The van der Waals surface area contributed by atoms with Crippen molar-refractivity contribution in [3.63, 3.8) is 0 Å². The van der Waals surface area contributed by atoms with E-state index >= 15 is 0 Å². The van der Waals surface area contributed by atoms with Gasteiger partial charge in [0.05, 0.1) is 38.7 Å². The third kappa shape index (κ3) is 11.1. The van der Waals surface area contributed by atoms with E-state index in [1.807, 2.05) is 18.2 Å². The number of aryl methyl sites for hydroxylation is 2. The molecule has 0 amide bonds. The molecule has 182 valence electrons. The van der Waals surface area contributed by atoms with E-state index in [0.717, 1.165) is 25.3 Å². The summed E-state index contributed by atoms with van der Waals surface area (Å²) in [6, 6.07) is 17.6. The second kappa shape index (κ2) is 17.4. The first-order valence-electron chi connectivity index (χ1n) is 12.0. The number of hydrogen-bond acceptors (Lipinski definition) is 2. The van der Waals surface area contributed by atoms with Gasteiger partial charge in [-0.05, 0) is 43.0 Å². The number of ether oxygens (including phenoxy) is 1. The monoisotopic (exact) mass is 471 g/mol. The van der Waals surface area contributed by atoms with Gasteiger partial charge < -0.3 is 15.4 Å². The summed E-state index contributed by atoms with van der Waals surface area (Å²) in [4.78, 5) is 1.64. The third-order valence-corrected chi connectivity index (χ3v) is 5.94. The van der Waals surface area contributed by atoms with Crippen molar-refractivity contribution < 1.29 is 9.64 Å². The van der Waals surface area contributed by atoms with Gasteiger partial charge in [0.2, 0.25) is 0 Å². The van der Waals surface area contributed by atoms with E-state index in [9.17, 15) is 0 Å². The lowest BCUT2D eigenvalue weighted by molar-refractivity contribution is -0.888. The molecule has 0 saturated carbocycles. The Labute approximate surface area is 207 Å². The van der Waals surface area contributed by atoms with Gasteiger partial charge in [0.15, 0.2) is 0 Å². The second-order valence-electron chi connectivity index (χ2n) is 8.49. The first kappa shape index (κ1) is 29.0. The Morgan fingerprint density at radius 2 is 1.76 bits per heavy atom. The minimum absolute atomic E-state index is 0.281. The number of quaternary nitrogens is 1. The molecule has 2 aromatic carbocycles. The Hall–Kier alpha value is -2.07. The summed E-state index contributed by atoms with van der Waals surface area (Å²) in [5, 5.41) is 0. The highest BCUT2D eigenvalue weighted by Gasteiger charge is 2.34. The van der Waals surface area contributed by atoms with Gasteiger partial charge in [-0.2, -0.15) is 0 Å². The van der Waals surface area contributed by atoms with Crippen LogP contribution in [-0.4, -0.2) is 39.2 Å². The van der Waals surface area contributed by atoms with Crippen LogP contribution in [0.4, 0.5) is 0 Å². The highest BCUT2D eigenvalue weighted by atomic mass is 35.5. The van der Waals surface area contributed by atoms with E-state index in [0.29, 0.717) is 5.92 Å². The SMILES string of the molecule is C=C/C=C/CCC.CCl.COc1ccc(CCC[NH+]2CC(N)C(c3ccc(C)cc3)C2)cc1. The molecule has 1 heterocycles. The molecule has 3 N–H and O–H groups in total. The van der Waals surface area contributed by atoms with Crippen molar-refractivity contribution in [2.75, 3.05) is 33.1 Å². The molecule has 0 bridgehead atoms. The number of nitrogens with two attached hydrogens (primary N) is 1. The van der Waals surface area contributed by atoms with E-state index in [4.69, 9.17) is 10.5 Å². The van der Waals surface area contributed by atoms with Crippen LogP contribution in [0.25, 0.3) is 0 Å². The average Bonchev–Trinajstić information content (AvgIpc) is 3.22. The summed E-state index contributed by atoms with van der Waals surface area (Å²) in [7, 11) is 1.71. The number of hydrogen-bond donors (Lipinski definition) is 2. The Morgan fingerprint density at radius 1 is 1.09 bits per heavy atom. The maximum Gasteiger partial charge on any atom is 0.118 e. The maximum atomic E-state index is 6.42. The number of nitrogens with one attached hydrogen (secondary N) is 1. The molecule has 4 heteroatoms. The van der Waals surface area contributed by atoms with Gasteiger partial charge in [-0.15, -0.1) is 11.6 Å². The lowest BCUT2D eigenvalue weighted by Gasteiger charge is -2.13. The van der Waals surface area contributed by atoms with Crippen LogP contribution in [0.1, 0.15) is 48.8 Å².